The fraction of sp³-hybridized carbons (Fsp3) is 0.818. The van der Waals surface area contributed by atoms with Crippen molar-refractivity contribution in [1.29, 1.82) is 0 Å². The van der Waals surface area contributed by atoms with Crippen LogP contribution in [0.3, 0.4) is 0 Å². The summed E-state index contributed by atoms with van der Waals surface area (Å²) in [5, 5.41) is 28.4. The molecular weight excluding hydrogens is 260 g/mol. The molecule has 0 saturated carbocycles. The molecule has 0 aromatic carbocycles. The van der Waals surface area contributed by atoms with Gasteiger partial charge in [-0.05, 0) is 0 Å². The molecule has 3 N–H and O–H groups in total. The lowest BCUT2D eigenvalue weighted by atomic mass is 9.76. The van der Waals surface area contributed by atoms with Crippen LogP contribution in [0, 0.1) is 11.8 Å². The molecule has 2 aliphatic rings. The molecule has 2 fully saturated rings. The first-order valence-corrected chi connectivity index (χ1v) is 5.89. The molecule has 0 radical (unpaired) electrons. The number of aliphatic carboxylic acids is 1. The Morgan fingerprint density at radius 1 is 1.11 bits per heavy atom. The summed E-state index contributed by atoms with van der Waals surface area (Å²) in [6, 6.07) is 0. The van der Waals surface area contributed by atoms with Gasteiger partial charge in [0.05, 0.1) is 6.61 Å². The van der Waals surface area contributed by atoms with E-state index < -0.39 is 48.2 Å². The Balaban J connectivity index is 2.09. The maximum atomic E-state index is 11.9. The van der Waals surface area contributed by atoms with E-state index in [2.05, 4.69) is 0 Å². The zero-order valence-corrected chi connectivity index (χ0v) is 10.3. The van der Waals surface area contributed by atoms with Crippen molar-refractivity contribution in [2.75, 3.05) is 20.3 Å². The third-order valence-electron chi connectivity index (χ3n) is 3.52. The van der Waals surface area contributed by atoms with Gasteiger partial charge in [0.2, 0.25) is 0 Å². The van der Waals surface area contributed by atoms with Gasteiger partial charge in [-0.2, -0.15) is 0 Å². The van der Waals surface area contributed by atoms with Gasteiger partial charge in [0.1, 0.15) is 42.9 Å². The summed E-state index contributed by atoms with van der Waals surface area (Å²) in [4.78, 5) is 23.0. The van der Waals surface area contributed by atoms with Crippen LogP contribution >= 0.6 is 0 Å². The van der Waals surface area contributed by atoms with Crippen molar-refractivity contribution in [2.45, 2.75) is 24.4 Å². The summed E-state index contributed by atoms with van der Waals surface area (Å²) in [5.41, 5.74) is 0. The average Bonchev–Trinajstić information content (AvgIpc) is 2.87. The number of aliphatic hydroxyl groups excluding tert-OH is 2. The van der Waals surface area contributed by atoms with Crippen LogP contribution in [0.2, 0.25) is 0 Å². The number of aliphatic hydroxyl groups is 2. The second-order valence-electron chi connectivity index (χ2n) is 4.60. The molecule has 108 valence electrons. The first-order chi connectivity index (χ1) is 8.99. The van der Waals surface area contributed by atoms with Gasteiger partial charge >= 0.3 is 11.9 Å². The van der Waals surface area contributed by atoms with Crippen LogP contribution in [-0.2, 0) is 23.8 Å². The van der Waals surface area contributed by atoms with Gasteiger partial charge in [-0.15, -0.1) is 0 Å². The molecule has 2 rings (SSSR count). The number of rotatable bonds is 5. The molecule has 0 aromatic heterocycles. The van der Waals surface area contributed by atoms with Crippen molar-refractivity contribution in [1.82, 2.24) is 0 Å². The molecule has 0 aromatic rings. The Labute approximate surface area is 108 Å². The Morgan fingerprint density at radius 3 is 2.21 bits per heavy atom. The zero-order chi connectivity index (χ0) is 14.2. The number of hydrogen-bond acceptors (Lipinski definition) is 7. The quantitative estimate of drug-likeness (QED) is 0.389. The van der Waals surface area contributed by atoms with Gasteiger partial charge in [0.25, 0.3) is 0 Å². The normalized spacial score (nSPS) is 40.4. The first-order valence-electron chi connectivity index (χ1n) is 5.89. The highest BCUT2D eigenvalue weighted by Crippen LogP contribution is 2.44. The number of hydrogen-bond donors (Lipinski definition) is 3. The van der Waals surface area contributed by atoms with Crippen LogP contribution in [0.1, 0.15) is 0 Å². The minimum Gasteiger partial charge on any atom is -0.481 e. The van der Waals surface area contributed by atoms with E-state index in [1.165, 1.54) is 7.11 Å². The largest absolute Gasteiger partial charge is 0.481 e. The molecular formula is C11H16O8. The van der Waals surface area contributed by atoms with Gasteiger partial charge in [0, 0.05) is 7.11 Å². The lowest BCUT2D eigenvalue weighted by molar-refractivity contribution is -0.163. The van der Waals surface area contributed by atoms with Crippen molar-refractivity contribution < 1.29 is 39.1 Å². The predicted molar refractivity (Wildman–Crippen MR) is 58.1 cm³/mol. The van der Waals surface area contributed by atoms with E-state index in [4.69, 9.17) is 19.3 Å². The summed E-state index contributed by atoms with van der Waals surface area (Å²) < 4.78 is 14.8. The number of fused-ring (bicyclic) bond motifs is 2. The van der Waals surface area contributed by atoms with Crippen molar-refractivity contribution >= 4 is 11.9 Å². The summed E-state index contributed by atoms with van der Waals surface area (Å²) in [5.74, 6) is -4.34. The maximum Gasteiger partial charge on any atom is 0.312 e. The van der Waals surface area contributed by atoms with Crippen LogP contribution in [0.15, 0.2) is 0 Å². The van der Waals surface area contributed by atoms with E-state index in [1.807, 2.05) is 0 Å². The average molecular weight is 276 g/mol. The van der Waals surface area contributed by atoms with E-state index in [1.54, 1.807) is 0 Å². The summed E-state index contributed by atoms with van der Waals surface area (Å²) in [6.07, 6.45) is -4.71. The predicted octanol–water partition coefficient (Wildman–Crippen LogP) is -2.00. The van der Waals surface area contributed by atoms with Crippen LogP contribution < -0.4 is 0 Å². The molecule has 4 unspecified atom stereocenters. The second kappa shape index (κ2) is 5.41. The molecule has 8 heteroatoms. The van der Waals surface area contributed by atoms with Gasteiger partial charge in [-0.3, -0.25) is 9.59 Å². The molecule has 8 nitrogen and oxygen atoms in total. The number of carbonyl (C=O) groups excluding carboxylic acids is 1. The highest BCUT2D eigenvalue weighted by Gasteiger charge is 2.64. The van der Waals surface area contributed by atoms with Crippen LogP contribution in [0.5, 0.6) is 0 Å². The third kappa shape index (κ3) is 2.32. The van der Waals surface area contributed by atoms with E-state index in [0.29, 0.717) is 0 Å². The van der Waals surface area contributed by atoms with E-state index in [9.17, 15) is 19.8 Å². The van der Waals surface area contributed by atoms with E-state index in [0.717, 1.165) is 0 Å². The Bertz CT molecular complexity index is 370. The molecule has 2 aliphatic heterocycles. The molecule has 2 bridgehead atoms. The Kier molecular flexibility index (Phi) is 4.04. The Hall–Kier alpha value is -1.22. The minimum absolute atomic E-state index is 0.00575. The number of methoxy groups -OCH3 is 1. The fourth-order valence-electron chi connectivity index (χ4n) is 2.63. The monoisotopic (exact) mass is 276 g/mol. The standard InChI is InChI=1S/C11H16O8/c1-17-2-3-18-11(16)5-4(10(14)15)8-6(12)7(13)9(5)19-8/h4-9,12-13H,2-3H2,1H3,(H,14,15)/t4?,5?,6-,7?,8-,9?/m0/s1. The molecule has 2 saturated heterocycles. The minimum atomic E-state index is -1.30. The van der Waals surface area contributed by atoms with Crippen molar-refractivity contribution in [2.24, 2.45) is 11.8 Å². The van der Waals surface area contributed by atoms with Gasteiger partial charge in [-0.1, -0.05) is 0 Å². The lowest BCUT2D eigenvalue weighted by Gasteiger charge is -2.29. The van der Waals surface area contributed by atoms with E-state index in [-0.39, 0.29) is 13.2 Å². The molecule has 0 amide bonds. The second-order valence-corrected chi connectivity index (χ2v) is 4.60. The fourth-order valence-corrected chi connectivity index (χ4v) is 2.63. The SMILES string of the molecule is COCCOC(=O)C1C2O[C@@H](C1C(=O)O)[C@@H](O)C2O. The zero-order valence-electron chi connectivity index (χ0n) is 10.3. The third-order valence-corrected chi connectivity index (χ3v) is 3.52. The molecule has 19 heavy (non-hydrogen) atoms. The van der Waals surface area contributed by atoms with Crippen molar-refractivity contribution in [3.05, 3.63) is 0 Å². The number of carboxylic acid groups (broad SMARTS) is 1. The molecule has 0 aliphatic carbocycles. The number of ether oxygens (including phenoxy) is 3. The van der Waals surface area contributed by atoms with Crippen molar-refractivity contribution in [3.63, 3.8) is 0 Å². The van der Waals surface area contributed by atoms with Crippen LogP contribution in [-0.4, -0.2) is 72.0 Å². The molecule has 6 atom stereocenters. The smallest absolute Gasteiger partial charge is 0.312 e. The topological polar surface area (TPSA) is 123 Å². The molecule has 2 heterocycles. The van der Waals surface area contributed by atoms with Crippen molar-refractivity contribution in [3.8, 4) is 0 Å². The van der Waals surface area contributed by atoms with Gasteiger partial charge in [-0.25, -0.2) is 0 Å². The van der Waals surface area contributed by atoms with E-state index >= 15 is 0 Å². The summed E-state index contributed by atoms with van der Waals surface area (Å²) in [6.45, 7) is 0.185. The van der Waals surface area contributed by atoms with Crippen LogP contribution in [0.4, 0.5) is 0 Å². The highest BCUT2D eigenvalue weighted by atomic mass is 16.6. The highest BCUT2D eigenvalue weighted by molar-refractivity contribution is 5.83. The maximum absolute atomic E-state index is 11.9. The van der Waals surface area contributed by atoms with Gasteiger partial charge in [0.15, 0.2) is 0 Å². The van der Waals surface area contributed by atoms with Crippen LogP contribution in [0.25, 0.3) is 0 Å². The van der Waals surface area contributed by atoms with Gasteiger partial charge < -0.3 is 29.5 Å². The number of carbonyl (C=O) groups is 2. The first kappa shape index (κ1) is 14.2. The number of esters is 1. The summed E-state index contributed by atoms with van der Waals surface area (Å²) >= 11 is 0. The molecule has 0 spiro atoms. The number of carboxylic acids is 1. The Morgan fingerprint density at radius 2 is 1.68 bits per heavy atom. The summed E-state index contributed by atoms with van der Waals surface area (Å²) in [7, 11) is 1.44. The lowest BCUT2D eigenvalue weighted by Crippen LogP contribution is -2.52.